The van der Waals surface area contributed by atoms with Gasteiger partial charge in [-0.25, -0.2) is 4.79 Å². The zero-order chi connectivity index (χ0) is 27.1. The van der Waals surface area contributed by atoms with Crippen LogP contribution in [0.5, 0.6) is 11.5 Å². The fourth-order valence-corrected chi connectivity index (χ4v) is 6.01. The van der Waals surface area contributed by atoms with Gasteiger partial charge in [0.25, 0.3) is 11.8 Å². The molecule has 2 N–H and O–H groups in total. The maximum Gasteiger partial charge on any atom is 0.326 e. The third-order valence-corrected chi connectivity index (χ3v) is 8.17. The number of nitrogens with one attached hydrogen (secondary N) is 2. The van der Waals surface area contributed by atoms with Crippen LogP contribution in [-0.2, 0) is 0 Å². The highest BCUT2D eigenvalue weighted by atomic mass is 32.1. The van der Waals surface area contributed by atoms with Crippen LogP contribution in [0.3, 0.4) is 0 Å². The summed E-state index contributed by atoms with van der Waals surface area (Å²) in [6, 6.07) is 8.87. The van der Waals surface area contributed by atoms with Crippen LogP contribution >= 0.6 is 11.3 Å². The molecule has 4 heterocycles. The summed E-state index contributed by atoms with van der Waals surface area (Å²) in [6.07, 6.45) is 2.61. The molecule has 10 nitrogen and oxygen atoms in total. The number of aromatic nitrogens is 2. The largest absolute Gasteiger partial charge is 0.456 e. The number of pyridine rings is 1. The number of hydrogen-bond donors (Lipinski definition) is 2. The normalized spacial score (nSPS) is 15.4. The van der Waals surface area contributed by atoms with Crippen LogP contribution in [0.15, 0.2) is 36.5 Å². The second kappa shape index (κ2) is 10.1. The summed E-state index contributed by atoms with van der Waals surface area (Å²) < 4.78 is 8.51. The maximum absolute atomic E-state index is 13.2. The molecule has 0 saturated carbocycles. The molecule has 1 aliphatic heterocycles. The number of fused-ring (bicyclic) bond motifs is 2. The number of amides is 3. The van der Waals surface area contributed by atoms with Gasteiger partial charge in [0, 0.05) is 56.6 Å². The lowest BCUT2D eigenvalue weighted by molar-refractivity contribution is 0.0787. The molecule has 0 aliphatic carbocycles. The van der Waals surface area contributed by atoms with Crippen molar-refractivity contribution < 1.29 is 19.1 Å². The van der Waals surface area contributed by atoms with Crippen molar-refractivity contribution in [3.63, 3.8) is 0 Å². The van der Waals surface area contributed by atoms with Gasteiger partial charge in [-0.15, -0.1) is 11.3 Å². The fourth-order valence-electron chi connectivity index (χ4n) is 4.98. The molecule has 1 unspecified atom stereocenters. The average Bonchev–Trinajstić information content (AvgIpc) is 3.63. The Kier molecular flexibility index (Phi) is 6.80. The highest BCUT2D eigenvalue weighted by Gasteiger charge is 2.29. The molecule has 1 aromatic carbocycles. The van der Waals surface area contributed by atoms with E-state index in [1.807, 2.05) is 25.1 Å². The number of likely N-dealkylation sites (tertiary alicyclic amines) is 1. The Morgan fingerprint density at radius 3 is 2.61 bits per heavy atom. The van der Waals surface area contributed by atoms with Crippen LogP contribution in [0.1, 0.15) is 32.1 Å². The second-order valence-electron chi connectivity index (χ2n) is 9.50. The first kappa shape index (κ1) is 25.7. The van der Waals surface area contributed by atoms with Crippen LogP contribution in [-0.4, -0.2) is 84.5 Å². The second-order valence-corrected chi connectivity index (χ2v) is 10.6. The molecule has 198 valence electrons. The number of nitrogens with zero attached hydrogens (tertiary/aromatic N) is 4. The van der Waals surface area contributed by atoms with Gasteiger partial charge in [0.05, 0.1) is 26.2 Å². The Morgan fingerprint density at radius 1 is 1.13 bits per heavy atom. The van der Waals surface area contributed by atoms with Crippen LogP contribution in [0.25, 0.3) is 21.1 Å². The van der Waals surface area contributed by atoms with Gasteiger partial charge in [-0.1, -0.05) is 0 Å². The van der Waals surface area contributed by atoms with E-state index in [0.717, 1.165) is 17.7 Å². The topological polar surface area (TPSA) is 109 Å². The van der Waals surface area contributed by atoms with Crippen molar-refractivity contribution in [1.29, 1.82) is 0 Å². The third kappa shape index (κ3) is 4.37. The van der Waals surface area contributed by atoms with Crippen LogP contribution in [0.4, 0.5) is 4.79 Å². The summed E-state index contributed by atoms with van der Waals surface area (Å²) in [7, 11) is 7.17. The molecule has 3 amide bonds. The van der Waals surface area contributed by atoms with E-state index >= 15 is 0 Å². The van der Waals surface area contributed by atoms with Gasteiger partial charge in [0.15, 0.2) is 0 Å². The van der Waals surface area contributed by atoms with Gasteiger partial charge in [-0.05, 0) is 51.7 Å². The molecule has 1 fully saturated rings. The molecule has 11 heteroatoms. The van der Waals surface area contributed by atoms with E-state index in [0.29, 0.717) is 56.6 Å². The van der Waals surface area contributed by atoms with Crippen molar-refractivity contribution in [2.45, 2.75) is 19.4 Å². The Morgan fingerprint density at radius 2 is 1.92 bits per heavy atom. The Labute approximate surface area is 224 Å². The van der Waals surface area contributed by atoms with Crippen molar-refractivity contribution >= 4 is 50.3 Å². The maximum atomic E-state index is 13.2. The van der Waals surface area contributed by atoms with E-state index in [4.69, 9.17) is 4.74 Å². The minimum atomic E-state index is -0.335. The molecule has 38 heavy (non-hydrogen) atoms. The predicted octanol–water partition coefficient (Wildman–Crippen LogP) is 3.67. The fraction of sp³-hybridized carbons (Fsp3) is 0.333. The van der Waals surface area contributed by atoms with Crippen LogP contribution < -0.4 is 15.4 Å². The molecule has 3 aromatic heterocycles. The molecular weight excluding hydrogens is 504 g/mol. The van der Waals surface area contributed by atoms with Crippen molar-refractivity contribution in [2.75, 3.05) is 41.3 Å². The number of likely N-dealkylation sites (N-methyl/N-ethyl adjacent to an activating group) is 1. The zero-order valence-electron chi connectivity index (χ0n) is 22.0. The van der Waals surface area contributed by atoms with E-state index in [-0.39, 0.29) is 17.8 Å². The number of thiophene rings is 1. The monoisotopic (exact) mass is 534 g/mol. The van der Waals surface area contributed by atoms with Crippen LogP contribution in [0, 0.1) is 6.92 Å². The molecular formula is C27H30N6O4S. The molecule has 1 aliphatic rings. The Hall–Kier alpha value is -3.96. The van der Waals surface area contributed by atoms with Crippen molar-refractivity contribution in [3.05, 3.63) is 52.7 Å². The Bertz CT molecular complexity index is 1570. The molecule has 5 rings (SSSR count). The third-order valence-electron chi connectivity index (χ3n) is 7.04. The summed E-state index contributed by atoms with van der Waals surface area (Å²) in [4.78, 5) is 47.6. The van der Waals surface area contributed by atoms with E-state index in [1.54, 1.807) is 51.5 Å². The standard InChI is InChI=1S/C27H30N6O4S/c1-15-23(25(34)28-2)18-12-17(6-7-20(18)33(15)27(36)29-3)37-21-8-10-30-19-13-22(38-24(19)21)26(35)32-11-9-16(14-32)31(4)5/h6-8,10,12-13,16H,9,11,14H2,1-5H3,(H,28,34)(H,29,36). The minimum Gasteiger partial charge on any atom is -0.456 e. The highest BCUT2D eigenvalue weighted by molar-refractivity contribution is 7.21. The van der Waals surface area contributed by atoms with Gasteiger partial charge in [0.1, 0.15) is 11.5 Å². The number of carbonyl (C=O) groups is 3. The predicted molar refractivity (Wildman–Crippen MR) is 148 cm³/mol. The van der Waals surface area contributed by atoms with Gasteiger partial charge in [0.2, 0.25) is 0 Å². The summed E-state index contributed by atoms with van der Waals surface area (Å²) >= 11 is 1.36. The number of hydrogen-bond acceptors (Lipinski definition) is 7. The molecule has 4 aromatic rings. The molecule has 1 saturated heterocycles. The Balaban J connectivity index is 1.49. The number of ether oxygens (including phenoxy) is 1. The quantitative estimate of drug-likeness (QED) is 0.404. The van der Waals surface area contributed by atoms with Crippen molar-refractivity contribution in [2.24, 2.45) is 0 Å². The first-order valence-corrected chi connectivity index (χ1v) is 13.2. The van der Waals surface area contributed by atoms with Gasteiger partial charge < -0.3 is 25.2 Å². The van der Waals surface area contributed by atoms with E-state index in [2.05, 4.69) is 20.5 Å². The number of carbonyl (C=O) groups excluding carboxylic acids is 3. The number of rotatable bonds is 5. The van der Waals surface area contributed by atoms with Gasteiger partial charge in [-0.2, -0.15) is 0 Å². The van der Waals surface area contributed by atoms with E-state index in [9.17, 15) is 14.4 Å². The van der Waals surface area contributed by atoms with E-state index < -0.39 is 0 Å². The highest BCUT2D eigenvalue weighted by Crippen LogP contribution is 2.37. The summed E-state index contributed by atoms with van der Waals surface area (Å²) in [5.41, 5.74) is 2.22. The lowest BCUT2D eigenvalue weighted by Crippen LogP contribution is -2.34. The van der Waals surface area contributed by atoms with E-state index in [1.165, 1.54) is 15.9 Å². The summed E-state index contributed by atoms with van der Waals surface area (Å²) in [6.45, 7) is 3.17. The first-order chi connectivity index (χ1) is 18.2. The lowest BCUT2D eigenvalue weighted by Gasteiger charge is -2.19. The van der Waals surface area contributed by atoms with Crippen molar-refractivity contribution in [1.82, 2.24) is 30.0 Å². The SMILES string of the molecule is CNC(=O)c1c(C)n(C(=O)NC)c2ccc(Oc3ccnc4cc(C(=O)N5CCC(N(C)C)C5)sc34)cc12. The minimum absolute atomic E-state index is 0.00551. The summed E-state index contributed by atoms with van der Waals surface area (Å²) in [5, 5.41) is 5.87. The smallest absolute Gasteiger partial charge is 0.326 e. The number of benzene rings is 1. The van der Waals surface area contributed by atoms with Crippen LogP contribution in [0.2, 0.25) is 0 Å². The first-order valence-electron chi connectivity index (χ1n) is 12.3. The molecule has 0 radical (unpaired) electrons. The molecule has 0 spiro atoms. The van der Waals surface area contributed by atoms with Crippen molar-refractivity contribution in [3.8, 4) is 11.5 Å². The average molecular weight is 535 g/mol. The van der Waals surface area contributed by atoms with Gasteiger partial charge >= 0.3 is 6.03 Å². The lowest BCUT2D eigenvalue weighted by atomic mass is 10.1. The summed E-state index contributed by atoms with van der Waals surface area (Å²) in [5.74, 6) is 0.776. The molecule has 0 bridgehead atoms. The molecule has 1 atom stereocenters. The van der Waals surface area contributed by atoms with Gasteiger partial charge in [-0.3, -0.25) is 19.1 Å². The zero-order valence-corrected chi connectivity index (χ0v) is 22.8.